The number of carbonyl (C=O) groups excluding carboxylic acids is 1. The lowest BCUT2D eigenvalue weighted by molar-refractivity contribution is -0.118. The molecule has 2 aliphatic heterocycles. The first-order valence-electron chi connectivity index (χ1n) is 6.63. The normalized spacial score (nSPS) is 23.4. The molecular formula is C14H18N2O3. The first kappa shape index (κ1) is 12.4. The molecule has 3 rings (SSSR count). The number of hydrogen-bond acceptors (Lipinski definition) is 4. The lowest BCUT2D eigenvalue weighted by Gasteiger charge is -2.25. The smallest absolute Gasteiger partial charge is 0.262 e. The van der Waals surface area contributed by atoms with Crippen LogP contribution in [0.2, 0.25) is 0 Å². The third-order valence-electron chi connectivity index (χ3n) is 3.64. The summed E-state index contributed by atoms with van der Waals surface area (Å²) in [7, 11) is 1.93. The van der Waals surface area contributed by atoms with Crippen LogP contribution in [0.15, 0.2) is 18.2 Å². The second-order valence-electron chi connectivity index (χ2n) is 4.91. The van der Waals surface area contributed by atoms with Crippen LogP contribution in [-0.4, -0.2) is 32.3 Å². The summed E-state index contributed by atoms with van der Waals surface area (Å²) >= 11 is 0. The molecule has 1 amide bonds. The zero-order valence-corrected chi connectivity index (χ0v) is 10.9. The monoisotopic (exact) mass is 262 g/mol. The van der Waals surface area contributed by atoms with Crippen molar-refractivity contribution in [3.63, 3.8) is 0 Å². The van der Waals surface area contributed by atoms with Crippen molar-refractivity contribution in [3.05, 3.63) is 23.8 Å². The molecule has 0 saturated carbocycles. The number of carbonyl (C=O) groups is 1. The second-order valence-corrected chi connectivity index (χ2v) is 4.91. The Hall–Kier alpha value is -1.59. The molecule has 5 nitrogen and oxygen atoms in total. The van der Waals surface area contributed by atoms with E-state index < -0.39 is 0 Å². The number of amides is 1. The van der Waals surface area contributed by atoms with Gasteiger partial charge in [0.2, 0.25) is 0 Å². The Kier molecular flexibility index (Phi) is 3.40. The van der Waals surface area contributed by atoms with Crippen molar-refractivity contribution >= 4 is 11.6 Å². The van der Waals surface area contributed by atoms with Gasteiger partial charge < -0.3 is 20.1 Å². The van der Waals surface area contributed by atoms with Gasteiger partial charge in [-0.1, -0.05) is 6.07 Å². The number of nitrogens with one attached hydrogen (secondary N) is 2. The number of anilines is 1. The standard InChI is InChI=1S/C14H18N2O3/c1-15-14(12-3-2-6-18-12)9-4-5-11-10(7-9)16-13(17)8-19-11/h4-5,7,12,14-15H,2-3,6,8H2,1H3,(H,16,17). The fraction of sp³-hybridized carbons (Fsp3) is 0.500. The van der Waals surface area contributed by atoms with Crippen molar-refractivity contribution in [1.29, 1.82) is 0 Å². The summed E-state index contributed by atoms with van der Waals surface area (Å²) in [6.07, 6.45) is 2.36. The largest absolute Gasteiger partial charge is 0.482 e. The van der Waals surface area contributed by atoms with E-state index in [9.17, 15) is 4.79 Å². The maximum atomic E-state index is 11.4. The number of fused-ring (bicyclic) bond motifs is 1. The second kappa shape index (κ2) is 5.19. The van der Waals surface area contributed by atoms with Crippen LogP contribution in [0.3, 0.4) is 0 Å². The molecule has 0 bridgehead atoms. The van der Waals surface area contributed by atoms with E-state index in [-0.39, 0.29) is 24.7 Å². The Balaban J connectivity index is 1.87. The minimum atomic E-state index is -0.109. The third-order valence-corrected chi connectivity index (χ3v) is 3.64. The highest BCUT2D eigenvalue weighted by Crippen LogP contribution is 2.33. The molecule has 0 spiro atoms. The quantitative estimate of drug-likeness (QED) is 0.865. The number of rotatable bonds is 3. The highest BCUT2D eigenvalue weighted by atomic mass is 16.5. The van der Waals surface area contributed by atoms with E-state index >= 15 is 0 Å². The number of benzene rings is 1. The first-order valence-corrected chi connectivity index (χ1v) is 6.63. The lowest BCUT2D eigenvalue weighted by Crippen LogP contribution is -2.30. The molecule has 2 heterocycles. The van der Waals surface area contributed by atoms with E-state index in [0.29, 0.717) is 0 Å². The van der Waals surface area contributed by atoms with Crippen LogP contribution < -0.4 is 15.4 Å². The van der Waals surface area contributed by atoms with E-state index in [0.717, 1.165) is 36.4 Å². The summed E-state index contributed by atoms with van der Waals surface area (Å²) in [6, 6.07) is 6.05. The van der Waals surface area contributed by atoms with Gasteiger partial charge in [0.05, 0.1) is 17.8 Å². The summed E-state index contributed by atoms with van der Waals surface area (Å²) in [5.74, 6) is 0.619. The minimum Gasteiger partial charge on any atom is -0.482 e. The molecule has 0 aromatic heterocycles. The molecule has 102 valence electrons. The highest BCUT2D eigenvalue weighted by Gasteiger charge is 2.27. The Morgan fingerprint density at radius 1 is 1.47 bits per heavy atom. The molecule has 0 radical (unpaired) electrons. The van der Waals surface area contributed by atoms with Crippen LogP contribution in [0.4, 0.5) is 5.69 Å². The van der Waals surface area contributed by atoms with Crippen molar-refractivity contribution in [2.75, 3.05) is 25.6 Å². The molecule has 1 fully saturated rings. The summed E-state index contributed by atoms with van der Waals surface area (Å²) in [5.41, 5.74) is 1.85. The number of likely N-dealkylation sites (N-methyl/N-ethyl adjacent to an activating group) is 1. The van der Waals surface area contributed by atoms with E-state index in [1.165, 1.54) is 0 Å². The first-order chi connectivity index (χ1) is 9.28. The SMILES string of the molecule is CNC(c1ccc2c(c1)NC(=O)CO2)C1CCCO1. The van der Waals surface area contributed by atoms with Crippen LogP contribution in [-0.2, 0) is 9.53 Å². The maximum absolute atomic E-state index is 11.4. The molecule has 2 N–H and O–H groups in total. The van der Waals surface area contributed by atoms with Crippen molar-refractivity contribution in [2.45, 2.75) is 25.0 Å². The molecular weight excluding hydrogens is 244 g/mol. The van der Waals surface area contributed by atoms with Crippen molar-refractivity contribution in [1.82, 2.24) is 5.32 Å². The molecule has 1 saturated heterocycles. The van der Waals surface area contributed by atoms with E-state index in [2.05, 4.69) is 10.6 Å². The molecule has 5 heteroatoms. The zero-order chi connectivity index (χ0) is 13.2. The number of hydrogen-bond donors (Lipinski definition) is 2. The van der Waals surface area contributed by atoms with Gasteiger partial charge >= 0.3 is 0 Å². The molecule has 1 aromatic carbocycles. The minimum absolute atomic E-state index is 0.0908. The molecule has 1 aromatic rings. The molecule has 2 aliphatic rings. The van der Waals surface area contributed by atoms with E-state index in [1.54, 1.807) is 0 Å². The highest BCUT2D eigenvalue weighted by molar-refractivity contribution is 5.95. The van der Waals surface area contributed by atoms with Gasteiger partial charge in [0.15, 0.2) is 6.61 Å². The fourth-order valence-corrected chi connectivity index (χ4v) is 2.73. The van der Waals surface area contributed by atoms with Gasteiger partial charge in [-0.2, -0.15) is 0 Å². The lowest BCUT2D eigenvalue weighted by atomic mass is 9.98. The van der Waals surface area contributed by atoms with Gasteiger partial charge in [-0.25, -0.2) is 0 Å². The van der Waals surface area contributed by atoms with Gasteiger partial charge in [0, 0.05) is 6.61 Å². The van der Waals surface area contributed by atoms with E-state index in [4.69, 9.17) is 9.47 Å². The molecule has 2 unspecified atom stereocenters. The van der Waals surface area contributed by atoms with Crippen LogP contribution in [0.25, 0.3) is 0 Å². The predicted molar refractivity (Wildman–Crippen MR) is 71.3 cm³/mol. The van der Waals surface area contributed by atoms with Gasteiger partial charge in [-0.15, -0.1) is 0 Å². The number of ether oxygens (including phenoxy) is 2. The van der Waals surface area contributed by atoms with Crippen LogP contribution in [0.5, 0.6) is 5.75 Å². The van der Waals surface area contributed by atoms with Gasteiger partial charge in [0.25, 0.3) is 5.91 Å². The molecule has 0 aliphatic carbocycles. The van der Waals surface area contributed by atoms with Gasteiger partial charge in [-0.3, -0.25) is 4.79 Å². The fourth-order valence-electron chi connectivity index (χ4n) is 2.73. The van der Waals surface area contributed by atoms with E-state index in [1.807, 2.05) is 25.2 Å². The van der Waals surface area contributed by atoms with Crippen molar-refractivity contribution < 1.29 is 14.3 Å². The Morgan fingerprint density at radius 3 is 3.11 bits per heavy atom. The predicted octanol–water partition coefficient (Wildman–Crippen LogP) is 1.46. The van der Waals surface area contributed by atoms with Crippen LogP contribution >= 0.6 is 0 Å². The average Bonchev–Trinajstić information content (AvgIpc) is 2.93. The summed E-state index contributed by atoms with van der Waals surface area (Å²) < 4.78 is 11.1. The Labute approximate surface area is 112 Å². The average molecular weight is 262 g/mol. The topological polar surface area (TPSA) is 59.6 Å². The van der Waals surface area contributed by atoms with Crippen LogP contribution in [0, 0.1) is 0 Å². The zero-order valence-electron chi connectivity index (χ0n) is 10.9. The Bertz CT molecular complexity index is 484. The van der Waals surface area contributed by atoms with Gasteiger partial charge in [0.1, 0.15) is 5.75 Å². The third kappa shape index (κ3) is 2.43. The summed E-state index contributed by atoms with van der Waals surface area (Å²) in [6.45, 7) is 0.918. The van der Waals surface area contributed by atoms with Gasteiger partial charge in [-0.05, 0) is 37.6 Å². The molecule has 2 atom stereocenters. The molecule has 19 heavy (non-hydrogen) atoms. The summed E-state index contributed by atoms with van der Waals surface area (Å²) in [4.78, 5) is 11.4. The maximum Gasteiger partial charge on any atom is 0.262 e. The summed E-state index contributed by atoms with van der Waals surface area (Å²) in [5, 5.41) is 6.14. The van der Waals surface area contributed by atoms with Crippen LogP contribution in [0.1, 0.15) is 24.4 Å². The Morgan fingerprint density at radius 2 is 2.37 bits per heavy atom. The van der Waals surface area contributed by atoms with Crippen molar-refractivity contribution in [2.24, 2.45) is 0 Å². The van der Waals surface area contributed by atoms with Crippen molar-refractivity contribution in [3.8, 4) is 5.75 Å².